The summed E-state index contributed by atoms with van der Waals surface area (Å²) in [6, 6.07) is 19.1. The van der Waals surface area contributed by atoms with Gasteiger partial charge in [0.1, 0.15) is 23.5 Å². The van der Waals surface area contributed by atoms with Gasteiger partial charge in [-0.25, -0.2) is 13.6 Å². The number of hydrogen-bond donors (Lipinski definition) is 0. The van der Waals surface area contributed by atoms with Crippen LogP contribution in [0.2, 0.25) is 46.3 Å². The van der Waals surface area contributed by atoms with Crippen molar-refractivity contribution in [2.24, 2.45) is 16.7 Å². The number of rotatable bonds is 16. The monoisotopic (exact) mass is 1050 g/mol. The zero-order chi connectivity index (χ0) is 53.7. The Labute approximate surface area is 434 Å². The number of hydrogen-bond acceptors (Lipinski definition) is 7. The first kappa shape index (κ1) is 59.5. The van der Waals surface area contributed by atoms with Crippen LogP contribution in [0.3, 0.4) is 0 Å². The number of carbonyl (C=O) groups is 2. The third-order valence-electron chi connectivity index (χ3n) is 14.6. The molecule has 3 atom stereocenters. The van der Waals surface area contributed by atoms with Gasteiger partial charge in [-0.15, -0.1) is 0 Å². The molecule has 2 aromatic carbocycles. The Balaban J connectivity index is 0.000000315. The van der Waals surface area contributed by atoms with Crippen LogP contribution in [-0.2, 0) is 31.2 Å². The van der Waals surface area contributed by atoms with E-state index in [9.17, 15) is 23.2 Å². The lowest BCUT2D eigenvalue weighted by molar-refractivity contribution is -0.111. The molecule has 5 rings (SSSR count). The van der Waals surface area contributed by atoms with Crippen LogP contribution < -0.4 is 5.56 Å². The fourth-order valence-corrected chi connectivity index (χ4v) is 10.2. The highest BCUT2D eigenvalue weighted by Gasteiger charge is 2.42. The molecular formula is C57H78Cl2F2N2O6Si2. The second-order valence-corrected chi connectivity index (χ2v) is 34.3. The normalized spacial score (nSPS) is 14.1. The summed E-state index contributed by atoms with van der Waals surface area (Å²) in [4.78, 5) is 43.3. The summed E-state index contributed by atoms with van der Waals surface area (Å²) in [6.45, 7) is 37.8. The molecule has 71 heavy (non-hydrogen) atoms. The maximum Gasteiger partial charge on any atom is 0.343 e. The smallest absolute Gasteiger partial charge is 0.343 e. The maximum atomic E-state index is 14.6. The van der Waals surface area contributed by atoms with E-state index in [1.807, 2.05) is 24.3 Å². The van der Waals surface area contributed by atoms with E-state index in [4.69, 9.17) is 36.8 Å². The molecule has 0 saturated heterocycles. The summed E-state index contributed by atoms with van der Waals surface area (Å²) in [5.41, 5.74) is 3.87. The van der Waals surface area contributed by atoms with Crippen molar-refractivity contribution >= 4 is 57.6 Å². The van der Waals surface area contributed by atoms with Crippen LogP contribution in [0.1, 0.15) is 146 Å². The number of aldehydes is 1. The molecule has 0 N–H and O–H groups in total. The van der Waals surface area contributed by atoms with Gasteiger partial charge in [0.05, 0.1) is 33.8 Å². The van der Waals surface area contributed by atoms with Gasteiger partial charge >= 0.3 is 5.97 Å². The van der Waals surface area contributed by atoms with Gasteiger partial charge in [-0.2, -0.15) is 0 Å². The first-order valence-corrected chi connectivity index (χ1v) is 31.1. The van der Waals surface area contributed by atoms with Gasteiger partial charge < -0.3 is 18.4 Å². The predicted octanol–water partition coefficient (Wildman–Crippen LogP) is 15.4. The van der Waals surface area contributed by atoms with Gasteiger partial charge in [-0.3, -0.25) is 14.2 Å². The Bertz CT molecular complexity index is 2700. The molecule has 0 fully saturated rings. The van der Waals surface area contributed by atoms with Crippen LogP contribution in [-0.4, -0.2) is 58.1 Å². The molecule has 5 aromatic rings. The van der Waals surface area contributed by atoms with Gasteiger partial charge in [-0.1, -0.05) is 143 Å². The maximum absolute atomic E-state index is 14.6. The van der Waals surface area contributed by atoms with Crippen LogP contribution in [0, 0.1) is 28.4 Å². The number of nitrogens with zero attached hydrogens (tertiary/aromatic N) is 2. The summed E-state index contributed by atoms with van der Waals surface area (Å²) < 4.78 is 48.8. The molecule has 0 radical (unpaired) electrons. The number of ether oxygens (including phenoxy) is 1. The summed E-state index contributed by atoms with van der Waals surface area (Å²) >= 11 is 11.9. The highest BCUT2D eigenvalue weighted by atomic mass is 35.5. The molecule has 1 unspecified atom stereocenters. The van der Waals surface area contributed by atoms with Crippen LogP contribution in [0.5, 0.6) is 0 Å². The van der Waals surface area contributed by atoms with Crippen LogP contribution in [0.4, 0.5) is 8.78 Å². The Morgan fingerprint density at radius 2 is 1.24 bits per heavy atom. The van der Waals surface area contributed by atoms with Crippen molar-refractivity contribution < 1.29 is 32.0 Å². The summed E-state index contributed by atoms with van der Waals surface area (Å²) in [6.07, 6.45) is 5.02. The van der Waals surface area contributed by atoms with Crippen LogP contribution in [0.15, 0.2) is 83.9 Å². The number of carbonyl (C=O) groups excluding carboxylic acids is 2. The van der Waals surface area contributed by atoms with Crippen molar-refractivity contribution in [1.29, 1.82) is 0 Å². The second-order valence-electron chi connectivity index (χ2n) is 23.9. The lowest BCUT2D eigenvalue weighted by atomic mass is 9.73. The quantitative estimate of drug-likeness (QED) is 0.0552. The van der Waals surface area contributed by atoms with Crippen molar-refractivity contribution in [3.8, 4) is 0 Å². The van der Waals surface area contributed by atoms with Gasteiger partial charge in [-0.05, 0) is 112 Å². The molecule has 0 amide bonds. The van der Waals surface area contributed by atoms with E-state index in [0.29, 0.717) is 47.5 Å². The lowest BCUT2D eigenvalue weighted by Crippen LogP contribution is -2.44. The minimum Gasteiger partial charge on any atom is -0.462 e. The molecule has 8 nitrogen and oxygen atoms in total. The second kappa shape index (κ2) is 23.4. The van der Waals surface area contributed by atoms with Gasteiger partial charge in [0, 0.05) is 50.3 Å². The van der Waals surface area contributed by atoms with E-state index in [0.717, 1.165) is 17.4 Å². The fraction of sp³-hybridized carbons (Fsp3) is 0.509. The molecule has 0 aliphatic rings. The number of benzene rings is 2. The molecule has 3 heterocycles. The van der Waals surface area contributed by atoms with E-state index in [1.165, 1.54) is 16.5 Å². The number of esters is 1. The zero-order valence-electron chi connectivity index (χ0n) is 45.2. The van der Waals surface area contributed by atoms with Crippen molar-refractivity contribution in [3.63, 3.8) is 0 Å². The third kappa shape index (κ3) is 15.0. The van der Waals surface area contributed by atoms with E-state index < -0.39 is 39.8 Å². The number of aromatic nitrogens is 2. The fourth-order valence-electron chi connectivity index (χ4n) is 7.75. The molecule has 0 aliphatic carbocycles. The Morgan fingerprint density at radius 3 is 1.69 bits per heavy atom. The van der Waals surface area contributed by atoms with Crippen molar-refractivity contribution in [2.75, 3.05) is 19.8 Å². The van der Waals surface area contributed by atoms with E-state index in [-0.39, 0.29) is 67.3 Å². The average molecular weight is 1050 g/mol. The summed E-state index contributed by atoms with van der Waals surface area (Å²) in [5.74, 6) is -2.06. The molecule has 14 heteroatoms. The molecule has 0 bridgehead atoms. The first-order valence-electron chi connectivity index (χ1n) is 24.5. The van der Waals surface area contributed by atoms with E-state index in [1.54, 1.807) is 49.6 Å². The highest BCUT2D eigenvalue weighted by Crippen LogP contribution is 2.43. The van der Waals surface area contributed by atoms with Gasteiger partial charge in [0.15, 0.2) is 16.6 Å². The number of halogens is 4. The minimum absolute atomic E-state index is 0.0159. The van der Waals surface area contributed by atoms with Gasteiger partial charge in [0.25, 0.3) is 5.56 Å². The molecule has 0 saturated carbocycles. The predicted molar refractivity (Wildman–Crippen MR) is 293 cm³/mol. The van der Waals surface area contributed by atoms with E-state index >= 15 is 0 Å². The van der Waals surface area contributed by atoms with Crippen molar-refractivity contribution in [3.05, 3.63) is 150 Å². The molecule has 0 spiro atoms. The van der Waals surface area contributed by atoms with Crippen LogP contribution in [0.25, 0.3) is 5.52 Å². The first-order chi connectivity index (χ1) is 32.6. The van der Waals surface area contributed by atoms with Gasteiger partial charge in [0.2, 0.25) is 0 Å². The third-order valence-corrected chi connectivity index (χ3v) is 24.1. The highest BCUT2D eigenvalue weighted by molar-refractivity contribution is 6.74. The van der Waals surface area contributed by atoms with Crippen molar-refractivity contribution in [1.82, 2.24) is 9.38 Å². The Morgan fingerprint density at radius 1 is 0.732 bits per heavy atom. The SMILES string of the molecule is CC(C)(C)[C@@H](CO[Si](C)(C)C(C)(C)C)C(C=O)c1ccc(Cc2cccc(Cl)c2F)cn1.CCOC(=O)c1cc([C@H](CO[Si](C)(C)C(C)(C)C)C(C)(C)C)c2ccc(Cc3cccc(Cl)c3F)cn2c1=O. The van der Waals surface area contributed by atoms with Crippen molar-refractivity contribution in [2.45, 2.75) is 151 Å². The molecule has 3 aromatic heterocycles. The zero-order valence-corrected chi connectivity index (χ0v) is 48.7. The summed E-state index contributed by atoms with van der Waals surface area (Å²) in [7, 11) is -4.03. The Kier molecular flexibility index (Phi) is 19.6. The minimum atomic E-state index is -2.07. The molecule has 388 valence electrons. The lowest BCUT2D eigenvalue weighted by Gasteiger charge is -2.41. The standard InChI is InChI=1S/C31H41ClFNO4Si.C26H37ClFNO2Si/c1-10-37-29(36)23-17-22(24(30(2,3)4)19-38-39(8,9)31(5,6)7)26-15-14-20(18-34(26)28(23)35)16-21-12-11-13-25(32)27(21)33;1-25(2,3)21(17-31-32(7,8)26(4,5)6)20(16-30)23-13-12-18(15-29-23)14-19-10-9-11-22(27)24(19)28/h11-15,17-18,24H,10,16,19H2,1-9H3;9-13,15-16,20-21H,14,17H2,1-8H3/t24-;20?,21-/m00/s1. The molecule has 0 aliphatic heterocycles. The topological polar surface area (TPSA) is 96.2 Å². The molecular weight excluding hydrogens is 974 g/mol. The largest absolute Gasteiger partial charge is 0.462 e. The van der Waals surface area contributed by atoms with E-state index in [2.05, 4.69) is 114 Å². The average Bonchev–Trinajstić information content (AvgIpc) is 3.25. The summed E-state index contributed by atoms with van der Waals surface area (Å²) in [5, 5.41) is 0.294. The number of pyridine rings is 3. The number of fused-ring (bicyclic) bond motifs is 1. The van der Waals surface area contributed by atoms with Crippen LogP contribution >= 0.6 is 23.2 Å². The Hall–Kier alpha value is -4.05.